The highest BCUT2D eigenvalue weighted by atomic mass is 31.1. The highest BCUT2D eigenvalue weighted by Crippen LogP contribution is 2.56. The molecule has 6 rings (SSSR count). The van der Waals surface area contributed by atoms with Crippen LogP contribution in [0.2, 0.25) is 0 Å². The molecule has 0 nitrogen and oxygen atoms in total. The Balaban J connectivity index is 1.78. The molecule has 1 heterocycles. The van der Waals surface area contributed by atoms with Crippen molar-refractivity contribution in [2.45, 2.75) is 53.1 Å². The van der Waals surface area contributed by atoms with Crippen LogP contribution in [-0.2, 0) is 6.42 Å². The second-order valence-corrected chi connectivity index (χ2v) is 14.6. The molecule has 0 saturated heterocycles. The van der Waals surface area contributed by atoms with Crippen LogP contribution in [0, 0.1) is 20.8 Å². The molecule has 0 bridgehead atoms. The molecule has 0 spiro atoms. The van der Waals surface area contributed by atoms with Crippen molar-refractivity contribution in [1.82, 2.24) is 0 Å². The summed E-state index contributed by atoms with van der Waals surface area (Å²) in [7, 11) is -0.223. The van der Waals surface area contributed by atoms with Gasteiger partial charge in [0, 0.05) is 0 Å². The number of fused-ring (bicyclic) bond motifs is 3. The molecular weight excluding hydrogens is 451 g/mol. The Labute approximate surface area is 217 Å². The van der Waals surface area contributed by atoms with Crippen LogP contribution < -0.4 is 5.30 Å². The van der Waals surface area contributed by atoms with Crippen LogP contribution in [-0.4, -0.2) is 11.3 Å². The molecule has 0 N–H and O–H groups in total. The van der Waals surface area contributed by atoms with Crippen LogP contribution in [0.4, 0.5) is 0 Å². The van der Waals surface area contributed by atoms with Gasteiger partial charge in [0.25, 0.3) is 0 Å². The van der Waals surface area contributed by atoms with E-state index < -0.39 is 0 Å². The number of aryl methyl sites for hydroxylation is 4. The Morgan fingerprint density at radius 3 is 1.67 bits per heavy atom. The van der Waals surface area contributed by atoms with E-state index in [1.165, 1.54) is 73.1 Å². The highest BCUT2D eigenvalue weighted by molar-refractivity contribution is 7.68. The van der Waals surface area contributed by atoms with E-state index >= 15 is 0 Å². The number of benzene rings is 5. The molecule has 1 aliphatic rings. The zero-order valence-corrected chi connectivity index (χ0v) is 23.3. The molecule has 1 aliphatic heterocycles. The lowest BCUT2D eigenvalue weighted by Crippen LogP contribution is -2.20. The van der Waals surface area contributed by atoms with E-state index in [4.69, 9.17) is 0 Å². The summed E-state index contributed by atoms with van der Waals surface area (Å²) in [6.45, 7) is 14.1. The maximum absolute atomic E-state index is 2.44. The largest absolute Gasteiger partial charge is 0.0685 e. The SMILES string of the molecule is Cc1cc(C)c(-c2c3ccccc3c(-c3cccc4c3P(C(C)(C)C)CC4)c3ccccc23)c(C)c1. The second kappa shape index (κ2) is 8.57. The Hall–Kier alpha value is -2.95. The Kier molecular flexibility index (Phi) is 5.58. The van der Waals surface area contributed by atoms with Crippen molar-refractivity contribution in [1.29, 1.82) is 0 Å². The summed E-state index contributed by atoms with van der Waals surface area (Å²) in [6.07, 6.45) is 2.52. The highest BCUT2D eigenvalue weighted by Gasteiger charge is 2.34. The third kappa shape index (κ3) is 3.62. The molecule has 1 unspecified atom stereocenters. The van der Waals surface area contributed by atoms with Gasteiger partial charge in [-0.15, -0.1) is 0 Å². The summed E-state index contributed by atoms with van der Waals surface area (Å²) in [4.78, 5) is 0. The molecule has 1 heteroatoms. The molecule has 0 radical (unpaired) electrons. The molecule has 0 aliphatic carbocycles. The lowest BCUT2D eigenvalue weighted by atomic mass is 9.83. The smallest absolute Gasteiger partial charge is 0.00198 e. The van der Waals surface area contributed by atoms with Crippen LogP contribution in [0.3, 0.4) is 0 Å². The Bertz CT molecular complexity index is 1570. The lowest BCUT2D eigenvalue weighted by molar-refractivity contribution is 0.787. The fourth-order valence-corrected chi connectivity index (χ4v) is 9.63. The topological polar surface area (TPSA) is 0 Å². The van der Waals surface area contributed by atoms with Gasteiger partial charge in [0.05, 0.1) is 0 Å². The second-order valence-electron chi connectivity index (χ2n) is 11.5. The van der Waals surface area contributed by atoms with Gasteiger partial charge < -0.3 is 0 Å². The van der Waals surface area contributed by atoms with Gasteiger partial charge in [-0.3, -0.25) is 0 Å². The van der Waals surface area contributed by atoms with Crippen molar-refractivity contribution in [3.05, 3.63) is 101 Å². The van der Waals surface area contributed by atoms with E-state index in [1.54, 1.807) is 10.9 Å². The lowest BCUT2D eigenvalue weighted by Gasteiger charge is -2.30. The van der Waals surface area contributed by atoms with E-state index in [9.17, 15) is 0 Å². The minimum absolute atomic E-state index is 0.223. The maximum atomic E-state index is 2.44. The average molecular weight is 487 g/mol. The van der Waals surface area contributed by atoms with E-state index in [0.717, 1.165) is 0 Å². The molecule has 0 saturated carbocycles. The first-order valence-electron chi connectivity index (χ1n) is 13.2. The van der Waals surface area contributed by atoms with Crippen molar-refractivity contribution in [2.75, 3.05) is 6.16 Å². The van der Waals surface area contributed by atoms with Gasteiger partial charge in [0.1, 0.15) is 0 Å². The monoisotopic (exact) mass is 486 g/mol. The summed E-state index contributed by atoms with van der Waals surface area (Å²) in [5.74, 6) is 0. The van der Waals surface area contributed by atoms with Crippen LogP contribution in [0.15, 0.2) is 78.9 Å². The normalized spacial score (nSPS) is 15.6. The van der Waals surface area contributed by atoms with Gasteiger partial charge >= 0.3 is 0 Å². The average Bonchev–Trinajstić information content (AvgIpc) is 3.28. The van der Waals surface area contributed by atoms with Gasteiger partial charge in [-0.1, -0.05) is 113 Å². The summed E-state index contributed by atoms with van der Waals surface area (Å²) < 4.78 is 0. The van der Waals surface area contributed by atoms with Crippen LogP contribution in [0.1, 0.15) is 43.0 Å². The van der Waals surface area contributed by atoms with Gasteiger partial charge in [0.2, 0.25) is 0 Å². The molecule has 1 atom stereocenters. The van der Waals surface area contributed by atoms with Crippen LogP contribution in [0.25, 0.3) is 43.8 Å². The summed E-state index contributed by atoms with van der Waals surface area (Å²) in [5.41, 5.74) is 11.2. The first-order valence-corrected chi connectivity index (χ1v) is 14.7. The maximum Gasteiger partial charge on any atom is -0.00198 e. The van der Waals surface area contributed by atoms with Crippen LogP contribution in [0.5, 0.6) is 0 Å². The van der Waals surface area contributed by atoms with Gasteiger partial charge in [0.15, 0.2) is 0 Å². The van der Waals surface area contributed by atoms with Crippen molar-refractivity contribution < 1.29 is 0 Å². The third-order valence-electron chi connectivity index (χ3n) is 7.93. The summed E-state index contributed by atoms with van der Waals surface area (Å²) in [6, 6.07) is 30.0. The minimum atomic E-state index is -0.223. The number of rotatable bonds is 2. The van der Waals surface area contributed by atoms with E-state index in [1.807, 2.05) is 0 Å². The van der Waals surface area contributed by atoms with Gasteiger partial charge in [-0.2, -0.15) is 0 Å². The van der Waals surface area contributed by atoms with Gasteiger partial charge in [-0.25, -0.2) is 0 Å². The van der Waals surface area contributed by atoms with E-state index in [-0.39, 0.29) is 7.92 Å². The van der Waals surface area contributed by atoms with E-state index in [2.05, 4.69) is 120 Å². The Morgan fingerprint density at radius 1 is 0.611 bits per heavy atom. The summed E-state index contributed by atoms with van der Waals surface area (Å²) in [5, 5.41) is 7.40. The first-order chi connectivity index (χ1) is 17.3. The van der Waals surface area contributed by atoms with Crippen molar-refractivity contribution in [3.63, 3.8) is 0 Å². The molecule has 36 heavy (non-hydrogen) atoms. The van der Waals surface area contributed by atoms with E-state index in [0.29, 0.717) is 5.16 Å². The zero-order chi connectivity index (χ0) is 25.2. The quantitative estimate of drug-likeness (QED) is 0.172. The fraction of sp³-hybridized carbons (Fsp3) is 0.257. The summed E-state index contributed by atoms with van der Waals surface area (Å²) >= 11 is 0. The van der Waals surface area contributed by atoms with Crippen LogP contribution >= 0.6 is 7.92 Å². The van der Waals surface area contributed by atoms with Gasteiger partial charge in [-0.05, 0) is 104 Å². The molecule has 0 aromatic heterocycles. The number of hydrogen-bond acceptors (Lipinski definition) is 0. The van der Waals surface area contributed by atoms with Crippen molar-refractivity contribution in [3.8, 4) is 22.3 Å². The minimum Gasteiger partial charge on any atom is -0.0685 e. The molecular formula is C35H35P. The first kappa shape index (κ1) is 23.4. The standard InChI is InChI=1S/C35H35P/c1-22-20-23(2)31(24(3)21-22)33-28-15-9-7-13-26(28)32(27-14-8-10-16-29(27)33)30-17-11-12-25-18-19-36(34(25)30)35(4,5)6/h7-17,20-21H,18-19H2,1-6H3. The number of hydrogen-bond donors (Lipinski definition) is 0. The van der Waals surface area contributed by atoms with Crippen molar-refractivity contribution >= 4 is 34.8 Å². The third-order valence-corrected chi connectivity index (χ3v) is 11.3. The molecule has 5 aromatic carbocycles. The molecule has 0 fully saturated rings. The zero-order valence-electron chi connectivity index (χ0n) is 22.4. The molecule has 0 amide bonds. The Morgan fingerprint density at radius 2 is 1.14 bits per heavy atom. The predicted molar refractivity (Wildman–Crippen MR) is 161 cm³/mol. The predicted octanol–water partition coefficient (Wildman–Crippen LogP) is 9.71. The molecule has 5 aromatic rings. The van der Waals surface area contributed by atoms with Crippen molar-refractivity contribution in [2.24, 2.45) is 0 Å². The fourth-order valence-electron chi connectivity index (χ4n) is 6.59. The molecule has 180 valence electrons.